The predicted octanol–water partition coefficient (Wildman–Crippen LogP) is 2.15. The maximum absolute atomic E-state index is 11.2. The highest BCUT2D eigenvalue weighted by molar-refractivity contribution is 8.00. The second-order valence-electron chi connectivity index (χ2n) is 4.54. The molecule has 20 heavy (non-hydrogen) atoms. The van der Waals surface area contributed by atoms with Crippen molar-refractivity contribution in [1.29, 1.82) is 0 Å². The van der Waals surface area contributed by atoms with E-state index in [4.69, 9.17) is 0 Å². The van der Waals surface area contributed by atoms with Gasteiger partial charge in [0.1, 0.15) is 6.20 Å². The Labute approximate surface area is 122 Å². The molecule has 1 atom stereocenters. The summed E-state index contributed by atoms with van der Waals surface area (Å²) in [7, 11) is 0. The third kappa shape index (κ3) is 3.30. The van der Waals surface area contributed by atoms with Gasteiger partial charge in [-0.05, 0) is 13.3 Å². The second-order valence-corrected chi connectivity index (χ2v) is 5.95. The molecule has 0 radical (unpaired) electrons. The molecule has 2 heterocycles. The van der Waals surface area contributed by atoms with E-state index in [9.17, 15) is 10.1 Å². The van der Waals surface area contributed by atoms with E-state index in [-0.39, 0.29) is 5.69 Å². The van der Waals surface area contributed by atoms with Crippen LogP contribution >= 0.6 is 11.8 Å². The molecular formula is C12H19N5O2S. The molecular weight excluding hydrogens is 278 g/mol. The Morgan fingerprint density at radius 2 is 2.40 bits per heavy atom. The smallest absolute Gasteiger partial charge is 0.329 e. The van der Waals surface area contributed by atoms with E-state index < -0.39 is 4.92 Å². The Hall–Kier alpha value is -1.57. The average Bonchev–Trinajstić information content (AvgIpc) is 2.47. The van der Waals surface area contributed by atoms with Gasteiger partial charge in [-0.2, -0.15) is 16.7 Å². The minimum atomic E-state index is -0.409. The third-order valence-corrected chi connectivity index (χ3v) is 4.55. The normalized spacial score (nSPS) is 18.9. The lowest BCUT2D eigenvalue weighted by molar-refractivity contribution is -0.384. The molecule has 0 aliphatic carbocycles. The summed E-state index contributed by atoms with van der Waals surface area (Å²) < 4.78 is 0. The van der Waals surface area contributed by atoms with Crippen LogP contribution < -0.4 is 10.2 Å². The van der Waals surface area contributed by atoms with Crippen LogP contribution in [0.25, 0.3) is 0 Å². The maximum atomic E-state index is 11.2. The highest BCUT2D eigenvalue weighted by atomic mass is 32.2. The fourth-order valence-corrected chi connectivity index (χ4v) is 3.31. The summed E-state index contributed by atoms with van der Waals surface area (Å²) in [4.78, 5) is 21.1. The van der Waals surface area contributed by atoms with Crippen molar-refractivity contribution in [3.8, 4) is 0 Å². The van der Waals surface area contributed by atoms with Gasteiger partial charge in [-0.3, -0.25) is 10.1 Å². The van der Waals surface area contributed by atoms with Gasteiger partial charge in [0.25, 0.3) is 0 Å². The topological polar surface area (TPSA) is 84.2 Å². The first-order valence-electron chi connectivity index (χ1n) is 6.77. The summed E-state index contributed by atoms with van der Waals surface area (Å²) in [5.41, 5.74) is -0.0200. The molecule has 0 bridgehead atoms. The molecule has 1 fully saturated rings. The van der Waals surface area contributed by atoms with E-state index in [0.717, 1.165) is 25.3 Å². The van der Waals surface area contributed by atoms with Crippen molar-refractivity contribution in [1.82, 2.24) is 9.97 Å². The monoisotopic (exact) mass is 297 g/mol. The summed E-state index contributed by atoms with van der Waals surface area (Å²) >= 11 is 1.92. The molecule has 1 saturated heterocycles. The minimum absolute atomic E-state index is 0.0200. The van der Waals surface area contributed by atoms with Gasteiger partial charge in [0.05, 0.1) is 4.92 Å². The molecule has 110 valence electrons. The largest absolute Gasteiger partial charge is 0.354 e. The quantitative estimate of drug-likeness (QED) is 0.658. The Bertz CT molecular complexity index is 485. The molecule has 1 aliphatic rings. The number of nitro groups is 1. The molecule has 0 amide bonds. The van der Waals surface area contributed by atoms with Crippen LogP contribution in [0, 0.1) is 10.1 Å². The van der Waals surface area contributed by atoms with E-state index in [2.05, 4.69) is 22.2 Å². The van der Waals surface area contributed by atoms with Crippen LogP contribution in [0.3, 0.4) is 0 Å². The number of hydrogen-bond acceptors (Lipinski definition) is 7. The van der Waals surface area contributed by atoms with Gasteiger partial charge in [0.2, 0.25) is 11.8 Å². The van der Waals surface area contributed by atoms with E-state index in [0.29, 0.717) is 23.6 Å². The molecule has 0 saturated carbocycles. The van der Waals surface area contributed by atoms with Crippen molar-refractivity contribution in [3.05, 3.63) is 16.3 Å². The maximum Gasteiger partial charge on any atom is 0.329 e. The van der Waals surface area contributed by atoms with Gasteiger partial charge >= 0.3 is 5.69 Å². The Balaban J connectivity index is 2.31. The van der Waals surface area contributed by atoms with Gasteiger partial charge < -0.3 is 10.2 Å². The van der Waals surface area contributed by atoms with Crippen molar-refractivity contribution in [2.75, 3.05) is 35.6 Å². The number of anilines is 2. The number of nitrogens with one attached hydrogen (secondary N) is 1. The molecule has 0 spiro atoms. The van der Waals surface area contributed by atoms with E-state index in [1.165, 1.54) is 6.20 Å². The molecule has 1 N–H and O–H groups in total. The molecule has 1 aromatic rings. The van der Waals surface area contributed by atoms with Gasteiger partial charge in [0.15, 0.2) is 0 Å². The van der Waals surface area contributed by atoms with Crippen molar-refractivity contribution in [2.24, 2.45) is 0 Å². The van der Waals surface area contributed by atoms with Crippen LogP contribution in [0.1, 0.15) is 20.3 Å². The fourth-order valence-electron chi connectivity index (χ4n) is 2.13. The summed E-state index contributed by atoms with van der Waals surface area (Å²) in [5.74, 6) is 1.84. The lowest BCUT2D eigenvalue weighted by Gasteiger charge is -2.32. The molecule has 1 aromatic heterocycles. The first-order chi connectivity index (χ1) is 9.65. The SMILES string of the molecule is CCNc1ncc([N+](=O)[O-])c(N2CCSC(CC)C2)n1. The number of thioether (sulfide) groups is 1. The lowest BCUT2D eigenvalue weighted by Crippen LogP contribution is -2.38. The van der Waals surface area contributed by atoms with Crippen molar-refractivity contribution < 1.29 is 4.92 Å². The van der Waals surface area contributed by atoms with Gasteiger partial charge in [-0.1, -0.05) is 6.92 Å². The molecule has 0 aromatic carbocycles. The van der Waals surface area contributed by atoms with Crippen LogP contribution in [0.2, 0.25) is 0 Å². The fraction of sp³-hybridized carbons (Fsp3) is 0.667. The van der Waals surface area contributed by atoms with Gasteiger partial charge in [0, 0.05) is 30.6 Å². The Kier molecular flexibility index (Phi) is 4.99. The first kappa shape index (κ1) is 14.8. The molecule has 1 aliphatic heterocycles. The van der Waals surface area contributed by atoms with E-state index >= 15 is 0 Å². The average molecular weight is 297 g/mol. The molecule has 8 heteroatoms. The third-order valence-electron chi connectivity index (χ3n) is 3.18. The molecule has 1 unspecified atom stereocenters. The number of nitrogens with zero attached hydrogens (tertiary/aromatic N) is 4. The van der Waals surface area contributed by atoms with Crippen LogP contribution in [0.5, 0.6) is 0 Å². The van der Waals surface area contributed by atoms with Crippen molar-refractivity contribution in [2.45, 2.75) is 25.5 Å². The van der Waals surface area contributed by atoms with Crippen molar-refractivity contribution in [3.63, 3.8) is 0 Å². The highest BCUT2D eigenvalue weighted by Crippen LogP contribution is 2.31. The standard InChI is InChI=1S/C12H19N5O2S/c1-3-9-8-16(5-6-20-9)11-10(17(18)19)7-14-12(15-11)13-4-2/h7,9H,3-6,8H2,1-2H3,(H,13,14,15). The summed E-state index contributed by atoms with van der Waals surface area (Å²) in [6.45, 7) is 6.34. The Morgan fingerprint density at radius 3 is 3.05 bits per heavy atom. The summed E-state index contributed by atoms with van der Waals surface area (Å²) in [6.07, 6.45) is 2.35. The van der Waals surface area contributed by atoms with Crippen LogP contribution in [-0.4, -0.2) is 45.5 Å². The van der Waals surface area contributed by atoms with Gasteiger partial charge in [-0.15, -0.1) is 0 Å². The lowest BCUT2D eigenvalue weighted by atomic mass is 10.3. The zero-order chi connectivity index (χ0) is 14.5. The van der Waals surface area contributed by atoms with Crippen molar-refractivity contribution >= 4 is 29.2 Å². The van der Waals surface area contributed by atoms with Crippen LogP contribution in [-0.2, 0) is 0 Å². The van der Waals surface area contributed by atoms with E-state index in [1.54, 1.807) is 0 Å². The first-order valence-corrected chi connectivity index (χ1v) is 7.82. The van der Waals surface area contributed by atoms with Crippen LogP contribution in [0.15, 0.2) is 6.20 Å². The zero-order valence-electron chi connectivity index (χ0n) is 11.7. The minimum Gasteiger partial charge on any atom is -0.354 e. The van der Waals surface area contributed by atoms with Crippen LogP contribution in [0.4, 0.5) is 17.5 Å². The zero-order valence-corrected chi connectivity index (χ0v) is 12.5. The Morgan fingerprint density at radius 1 is 1.60 bits per heavy atom. The molecule has 2 rings (SSSR count). The van der Waals surface area contributed by atoms with E-state index in [1.807, 2.05) is 23.6 Å². The number of hydrogen-bond donors (Lipinski definition) is 1. The summed E-state index contributed by atoms with van der Waals surface area (Å²) in [5, 5.41) is 14.7. The van der Waals surface area contributed by atoms with Gasteiger partial charge in [-0.25, -0.2) is 4.98 Å². The molecule has 7 nitrogen and oxygen atoms in total. The predicted molar refractivity (Wildman–Crippen MR) is 81.6 cm³/mol. The summed E-state index contributed by atoms with van der Waals surface area (Å²) in [6, 6.07) is 0. The highest BCUT2D eigenvalue weighted by Gasteiger charge is 2.27. The second kappa shape index (κ2) is 6.74. The number of aromatic nitrogens is 2. The number of rotatable bonds is 5.